The van der Waals surface area contributed by atoms with Crippen LogP contribution in [0, 0.1) is 5.92 Å². The first-order chi connectivity index (χ1) is 14.1. The van der Waals surface area contributed by atoms with E-state index in [9.17, 15) is 4.79 Å². The Balaban J connectivity index is 1.33. The van der Waals surface area contributed by atoms with Crippen molar-refractivity contribution in [3.8, 4) is 5.75 Å². The topological polar surface area (TPSA) is 68.5 Å². The molecule has 1 saturated carbocycles. The van der Waals surface area contributed by atoms with Crippen LogP contribution in [0.3, 0.4) is 0 Å². The van der Waals surface area contributed by atoms with Gasteiger partial charge in [0.2, 0.25) is 5.91 Å². The Hall–Kier alpha value is -2.37. The van der Waals surface area contributed by atoms with Crippen LogP contribution < -0.4 is 4.74 Å². The third-order valence-corrected chi connectivity index (χ3v) is 6.40. The minimum atomic E-state index is -0.268. The molecule has 2 heterocycles. The molecular formula is C23H31N3O3. The van der Waals surface area contributed by atoms with Crippen LogP contribution in [0.4, 0.5) is 0 Å². The van der Waals surface area contributed by atoms with Gasteiger partial charge in [0, 0.05) is 24.9 Å². The van der Waals surface area contributed by atoms with E-state index in [1.54, 1.807) is 0 Å². The molecule has 2 aliphatic rings. The highest BCUT2D eigenvalue weighted by Gasteiger charge is 2.38. The molecule has 1 aliphatic heterocycles. The van der Waals surface area contributed by atoms with Crippen LogP contribution in [0.15, 0.2) is 34.9 Å². The lowest BCUT2D eigenvalue weighted by molar-refractivity contribution is -0.133. The van der Waals surface area contributed by atoms with Gasteiger partial charge in [-0.25, -0.2) is 0 Å². The van der Waals surface area contributed by atoms with E-state index in [4.69, 9.17) is 9.26 Å². The van der Waals surface area contributed by atoms with Gasteiger partial charge >= 0.3 is 0 Å². The predicted molar refractivity (Wildman–Crippen MR) is 109 cm³/mol. The van der Waals surface area contributed by atoms with E-state index in [0.29, 0.717) is 24.7 Å². The van der Waals surface area contributed by atoms with Crippen molar-refractivity contribution in [3.63, 3.8) is 0 Å². The van der Waals surface area contributed by atoms with Gasteiger partial charge in [-0.1, -0.05) is 56.0 Å². The number of carbonyl (C=O) groups excluding carboxylic acids is 1. The lowest BCUT2D eigenvalue weighted by atomic mass is 9.81. The number of amides is 1. The molecule has 0 N–H and O–H groups in total. The third-order valence-electron chi connectivity index (χ3n) is 6.40. The Morgan fingerprint density at radius 2 is 2.03 bits per heavy atom. The van der Waals surface area contributed by atoms with Crippen molar-refractivity contribution in [1.82, 2.24) is 15.0 Å². The van der Waals surface area contributed by atoms with Gasteiger partial charge in [0.25, 0.3) is 5.89 Å². The van der Waals surface area contributed by atoms with Crippen molar-refractivity contribution >= 4 is 5.91 Å². The first kappa shape index (κ1) is 19.9. The minimum absolute atomic E-state index is 0.247. The fourth-order valence-corrected chi connectivity index (χ4v) is 4.64. The summed E-state index contributed by atoms with van der Waals surface area (Å²) in [6, 6.07) is 9.60. The van der Waals surface area contributed by atoms with Crippen LogP contribution in [-0.2, 0) is 16.8 Å². The highest BCUT2D eigenvalue weighted by atomic mass is 16.5. The average Bonchev–Trinajstić information content (AvgIpc) is 3.44. The number of likely N-dealkylation sites (tertiary alicyclic amines) is 1. The normalized spacial score (nSPS) is 22.7. The van der Waals surface area contributed by atoms with Gasteiger partial charge in [0.15, 0.2) is 12.4 Å². The van der Waals surface area contributed by atoms with Gasteiger partial charge < -0.3 is 14.2 Å². The first-order valence-corrected chi connectivity index (χ1v) is 10.9. The predicted octanol–water partition coefficient (Wildman–Crippen LogP) is 4.50. The monoisotopic (exact) mass is 397 g/mol. The zero-order valence-corrected chi connectivity index (χ0v) is 17.3. The highest BCUT2D eigenvalue weighted by Crippen LogP contribution is 2.33. The van der Waals surface area contributed by atoms with Gasteiger partial charge in [0.1, 0.15) is 5.75 Å². The molecule has 6 nitrogen and oxygen atoms in total. The molecule has 156 valence electrons. The average molecular weight is 398 g/mol. The van der Waals surface area contributed by atoms with Crippen LogP contribution >= 0.6 is 0 Å². The molecule has 0 spiro atoms. The van der Waals surface area contributed by atoms with Gasteiger partial charge in [0.05, 0.1) is 0 Å². The van der Waals surface area contributed by atoms with E-state index in [-0.39, 0.29) is 17.9 Å². The maximum absolute atomic E-state index is 12.8. The molecular weight excluding hydrogens is 366 g/mol. The fraction of sp³-hybridized carbons (Fsp3) is 0.609. The number of benzene rings is 1. The molecule has 1 unspecified atom stereocenters. The number of hydrogen-bond donors (Lipinski definition) is 0. The number of rotatable bonds is 7. The standard InChI is InChI=1S/C23H31N3O3/c1-23(22-24-20(29-25-22)16-28-19-10-3-2-4-11-19)14-7-15-26(17-23)21(27)13-12-18-8-5-6-9-18/h2-4,10-11,18H,5-9,12-17H2,1H3. The fourth-order valence-electron chi connectivity index (χ4n) is 4.64. The number of aromatic nitrogens is 2. The van der Waals surface area contributed by atoms with Crippen LogP contribution in [0.2, 0.25) is 0 Å². The number of carbonyl (C=O) groups is 1. The van der Waals surface area contributed by atoms with Crippen molar-refractivity contribution in [3.05, 3.63) is 42.0 Å². The quantitative estimate of drug-likeness (QED) is 0.688. The highest BCUT2D eigenvalue weighted by molar-refractivity contribution is 5.76. The number of ether oxygens (including phenoxy) is 1. The van der Waals surface area contributed by atoms with Crippen LogP contribution in [0.1, 0.15) is 70.0 Å². The van der Waals surface area contributed by atoms with E-state index >= 15 is 0 Å². The minimum Gasteiger partial charge on any atom is -0.484 e. The summed E-state index contributed by atoms with van der Waals surface area (Å²) in [4.78, 5) is 19.4. The maximum Gasteiger partial charge on any atom is 0.264 e. The van der Waals surface area contributed by atoms with Gasteiger partial charge in [-0.15, -0.1) is 0 Å². The summed E-state index contributed by atoms with van der Waals surface area (Å²) in [5, 5.41) is 4.22. The van der Waals surface area contributed by atoms with Crippen LogP contribution in [0.5, 0.6) is 5.75 Å². The first-order valence-electron chi connectivity index (χ1n) is 10.9. The zero-order chi connectivity index (χ0) is 20.1. The smallest absolute Gasteiger partial charge is 0.264 e. The molecule has 1 atom stereocenters. The third kappa shape index (κ3) is 4.98. The Labute approximate surface area is 172 Å². The molecule has 2 fully saturated rings. The van der Waals surface area contributed by atoms with Crippen molar-refractivity contribution in [2.75, 3.05) is 13.1 Å². The number of hydrogen-bond acceptors (Lipinski definition) is 5. The Kier molecular flexibility index (Phi) is 6.16. The molecule has 29 heavy (non-hydrogen) atoms. The summed E-state index contributed by atoms with van der Waals surface area (Å²) in [6.45, 7) is 3.88. The Morgan fingerprint density at radius 3 is 2.83 bits per heavy atom. The van der Waals surface area contributed by atoms with Crippen molar-refractivity contribution < 1.29 is 14.1 Å². The molecule has 1 aliphatic carbocycles. The van der Waals surface area contributed by atoms with E-state index in [2.05, 4.69) is 17.1 Å². The number of nitrogens with zero attached hydrogens (tertiary/aromatic N) is 3. The molecule has 0 bridgehead atoms. The van der Waals surface area contributed by atoms with Crippen molar-refractivity contribution in [2.24, 2.45) is 5.92 Å². The molecule has 1 aromatic carbocycles. The van der Waals surface area contributed by atoms with Gasteiger partial charge in [-0.3, -0.25) is 4.79 Å². The molecule has 6 heteroatoms. The summed E-state index contributed by atoms with van der Waals surface area (Å²) >= 11 is 0. The second-order valence-electron chi connectivity index (χ2n) is 8.78. The molecule has 1 aromatic heterocycles. The lowest BCUT2D eigenvalue weighted by Gasteiger charge is -2.38. The SMILES string of the molecule is CC1(c2noc(COc3ccccc3)n2)CCCN(C(=O)CCC2CCCC2)C1. The van der Waals surface area contributed by atoms with E-state index in [1.807, 2.05) is 35.2 Å². The van der Waals surface area contributed by atoms with E-state index < -0.39 is 0 Å². The molecule has 0 radical (unpaired) electrons. The number of piperidine rings is 1. The summed E-state index contributed by atoms with van der Waals surface area (Å²) < 4.78 is 11.1. The summed E-state index contributed by atoms with van der Waals surface area (Å²) in [5.41, 5.74) is -0.268. The second-order valence-corrected chi connectivity index (χ2v) is 8.78. The summed E-state index contributed by atoms with van der Waals surface area (Å²) in [5.74, 6) is 2.95. The Bertz CT molecular complexity index is 801. The van der Waals surface area contributed by atoms with Crippen LogP contribution in [-0.4, -0.2) is 34.0 Å². The molecule has 1 amide bonds. The summed E-state index contributed by atoms with van der Waals surface area (Å²) in [7, 11) is 0. The molecule has 4 rings (SSSR count). The van der Waals surface area contributed by atoms with E-state index in [0.717, 1.165) is 37.5 Å². The van der Waals surface area contributed by atoms with Crippen LogP contribution in [0.25, 0.3) is 0 Å². The Morgan fingerprint density at radius 1 is 1.24 bits per heavy atom. The maximum atomic E-state index is 12.8. The van der Waals surface area contributed by atoms with Gasteiger partial charge in [-0.2, -0.15) is 4.98 Å². The largest absolute Gasteiger partial charge is 0.484 e. The molecule has 1 saturated heterocycles. The number of para-hydroxylation sites is 1. The summed E-state index contributed by atoms with van der Waals surface area (Å²) in [6.07, 6.45) is 8.87. The van der Waals surface area contributed by atoms with Gasteiger partial charge in [-0.05, 0) is 37.3 Å². The molecule has 2 aromatic rings. The zero-order valence-electron chi connectivity index (χ0n) is 17.3. The second kappa shape index (κ2) is 8.97. The lowest BCUT2D eigenvalue weighted by Crippen LogP contribution is -2.47. The van der Waals surface area contributed by atoms with Crippen molar-refractivity contribution in [1.29, 1.82) is 0 Å². The van der Waals surface area contributed by atoms with E-state index in [1.165, 1.54) is 25.7 Å². The van der Waals surface area contributed by atoms with Crippen molar-refractivity contribution in [2.45, 2.75) is 70.3 Å².